The summed E-state index contributed by atoms with van der Waals surface area (Å²) < 4.78 is 3.06. The Morgan fingerprint density at radius 3 is 2.76 bits per heavy atom. The quantitative estimate of drug-likeness (QED) is 0.866. The van der Waals surface area contributed by atoms with Crippen molar-refractivity contribution in [1.29, 1.82) is 0 Å². The molecule has 1 heterocycles. The highest BCUT2D eigenvalue weighted by Crippen LogP contribution is 2.25. The first-order valence-corrected chi connectivity index (χ1v) is 6.64. The van der Waals surface area contributed by atoms with Gasteiger partial charge >= 0.3 is 0 Å². The van der Waals surface area contributed by atoms with Gasteiger partial charge in [0.1, 0.15) is 0 Å². The fourth-order valence-corrected chi connectivity index (χ4v) is 2.54. The zero-order valence-electron chi connectivity index (χ0n) is 9.89. The summed E-state index contributed by atoms with van der Waals surface area (Å²) in [7, 11) is 1.92. The van der Waals surface area contributed by atoms with Gasteiger partial charge in [0.05, 0.1) is 17.9 Å². The number of halogens is 1. The molecule has 0 saturated heterocycles. The van der Waals surface area contributed by atoms with Gasteiger partial charge in [-0.05, 0) is 40.8 Å². The van der Waals surface area contributed by atoms with E-state index >= 15 is 0 Å². The van der Waals surface area contributed by atoms with E-state index in [0.29, 0.717) is 0 Å². The molecular formula is C12H15IN4. The van der Waals surface area contributed by atoms with E-state index in [1.165, 1.54) is 9.13 Å². The molecule has 0 aliphatic rings. The second-order valence-electron chi connectivity index (χ2n) is 3.79. The van der Waals surface area contributed by atoms with Crippen LogP contribution in [0.5, 0.6) is 0 Å². The Kier molecular flexibility index (Phi) is 4.11. The van der Waals surface area contributed by atoms with Crippen LogP contribution in [0, 0.1) is 3.57 Å². The van der Waals surface area contributed by atoms with Crippen LogP contribution in [-0.2, 0) is 7.05 Å². The molecule has 2 rings (SSSR count). The van der Waals surface area contributed by atoms with Gasteiger partial charge in [0.15, 0.2) is 0 Å². The van der Waals surface area contributed by atoms with Crippen LogP contribution in [0.1, 0.15) is 24.2 Å². The Morgan fingerprint density at radius 2 is 2.18 bits per heavy atom. The predicted molar refractivity (Wildman–Crippen MR) is 75.7 cm³/mol. The van der Waals surface area contributed by atoms with Crippen LogP contribution in [-0.4, -0.2) is 21.5 Å². The predicted octanol–water partition coefficient (Wildman–Crippen LogP) is 2.12. The van der Waals surface area contributed by atoms with E-state index in [1.54, 1.807) is 0 Å². The highest BCUT2D eigenvalue weighted by Gasteiger charge is 2.18. The van der Waals surface area contributed by atoms with Crippen molar-refractivity contribution in [2.45, 2.75) is 13.0 Å². The van der Waals surface area contributed by atoms with Crippen molar-refractivity contribution in [2.24, 2.45) is 7.05 Å². The average Bonchev–Trinajstić information content (AvgIpc) is 2.74. The molecule has 0 aliphatic carbocycles. The van der Waals surface area contributed by atoms with Crippen LogP contribution in [0.2, 0.25) is 0 Å². The number of rotatable bonds is 4. The first-order chi connectivity index (χ1) is 8.24. The Balaban J connectivity index is 2.43. The second-order valence-corrected chi connectivity index (χ2v) is 4.96. The molecule has 0 radical (unpaired) electrons. The standard InChI is InChI=1S/C12H15IN4/c1-3-14-12(11-8-15-16-17(11)2)9-6-4-5-7-10(9)13/h4-8,12,14H,3H2,1-2H3. The maximum Gasteiger partial charge on any atom is 0.0799 e. The van der Waals surface area contributed by atoms with Crippen molar-refractivity contribution in [2.75, 3.05) is 6.54 Å². The molecule has 17 heavy (non-hydrogen) atoms. The summed E-state index contributed by atoms with van der Waals surface area (Å²) in [6.07, 6.45) is 1.82. The van der Waals surface area contributed by atoms with Crippen molar-refractivity contribution < 1.29 is 0 Å². The molecule has 1 aromatic heterocycles. The number of hydrogen-bond acceptors (Lipinski definition) is 3. The number of hydrogen-bond donors (Lipinski definition) is 1. The summed E-state index contributed by atoms with van der Waals surface area (Å²) in [6.45, 7) is 3.01. The van der Waals surface area contributed by atoms with Crippen molar-refractivity contribution in [3.05, 3.63) is 45.3 Å². The summed E-state index contributed by atoms with van der Waals surface area (Å²) in [5.41, 5.74) is 2.34. The lowest BCUT2D eigenvalue weighted by molar-refractivity contribution is 0.566. The summed E-state index contributed by atoms with van der Waals surface area (Å²) in [4.78, 5) is 0. The Labute approximate surface area is 115 Å². The topological polar surface area (TPSA) is 42.7 Å². The van der Waals surface area contributed by atoms with Crippen LogP contribution in [0.4, 0.5) is 0 Å². The van der Waals surface area contributed by atoms with E-state index in [2.05, 4.69) is 69.4 Å². The molecule has 1 unspecified atom stereocenters. The van der Waals surface area contributed by atoms with E-state index in [9.17, 15) is 0 Å². The third-order valence-electron chi connectivity index (χ3n) is 2.67. The van der Waals surface area contributed by atoms with Gasteiger partial charge in [-0.1, -0.05) is 30.3 Å². The van der Waals surface area contributed by atoms with Crippen molar-refractivity contribution in [3.8, 4) is 0 Å². The van der Waals surface area contributed by atoms with Gasteiger partial charge in [-0.25, -0.2) is 0 Å². The Morgan fingerprint density at radius 1 is 1.41 bits per heavy atom. The molecule has 90 valence electrons. The lowest BCUT2D eigenvalue weighted by Crippen LogP contribution is -2.25. The highest BCUT2D eigenvalue weighted by molar-refractivity contribution is 14.1. The molecule has 2 aromatic rings. The number of nitrogens with zero attached hydrogens (tertiary/aromatic N) is 3. The third kappa shape index (κ3) is 2.66. The average molecular weight is 342 g/mol. The van der Waals surface area contributed by atoms with E-state index in [1.807, 2.05) is 17.9 Å². The molecule has 1 atom stereocenters. The molecule has 0 aliphatic heterocycles. The molecule has 0 bridgehead atoms. The van der Waals surface area contributed by atoms with Crippen LogP contribution in [0.15, 0.2) is 30.5 Å². The normalized spacial score (nSPS) is 12.6. The van der Waals surface area contributed by atoms with Crippen LogP contribution < -0.4 is 5.32 Å². The fourth-order valence-electron chi connectivity index (χ4n) is 1.85. The van der Waals surface area contributed by atoms with Gasteiger partial charge in [-0.3, -0.25) is 4.68 Å². The zero-order chi connectivity index (χ0) is 12.3. The third-order valence-corrected chi connectivity index (χ3v) is 3.65. The van der Waals surface area contributed by atoms with E-state index in [4.69, 9.17) is 0 Å². The SMILES string of the molecule is CCNC(c1ccccc1I)c1cnnn1C. The number of aryl methyl sites for hydroxylation is 1. The lowest BCUT2D eigenvalue weighted by Gasteiger charge is -2.19. The molecule has 0 amide bonds. The maximum absolute atomic E-state index is 4.00. The maximum atomic E-state index is 4.00. The Hall–Kier alpha value is -0.950. The molecule has 4 nitrogen and oxygen atoms in total. The molecular weight excluding hydrogens is 327 g/mol. The molecule has 1 N–H and O–H groups in total. The summed E-state index contributed by atoms with van der Waals surface area (Å²) >= 11 is 2.36. The fraction of sp³-hybridized carbons (Fsp3) is 0.333. The van der Waals surface area contributed by atoms with Crippen molar-refractivity contribution in [1.82, 2.24) is 20.3 Å². The van der Waals surface area contributed by atoms with Gasteiger partial charge in [-0.2, -0.15) is 0 Å². The van der Waals surface area contributed by atoms with Gasteiger partial charge in [-0.15, -0.1) is 5.10 Å². The lowest BCUT2D eigenvalue weighted by atomic mass is 10.0. The summed E-state index contributed by atoms with van der Waals surface area (Å²) in [6, 6.07) is 8.51. The van der Waals surface area contributed by atoms with Gasteiger partial charge in [0.2, 0.25) is 0 Å². The van der Waals surface area contributed by atoms with E-state index in [0.717, 1.165) is 12.2 Å². The van der Waals surface area contributed by atoms with Gasteiger partial charge in [0, 0.05) is 10.6 Å². The van der Waals surface area contributed by atoms with E-state index in [-0.39, 0.29) is 6.04 Å². The Bertz CT molecular complexity index is 495. The van der Waals surface area contributed by atoms with E-state index < -0.39 is 0 Å². The smallest absolute Gasteiger partial charge is 0.0799 e. The minimum Gasteiger partial charge on any atom is -0.305 e. The van der Waals surface area contributed by atoms with Gasteiger partial charge < -0.3 is 5.32 Å². The molecule has 5 heteroatoms. The summed E-state index contributed by atoms with van der Waals surface area (Å²) in [5.74, 6) is 0. The zero-order valence-corrected chi connectivity index (χ0v) is 12.0. The van der Waals surface area contributed by atoms with Gasteiger partial charge in [0.25, 0.3) is 0 Å². The first-order valence-electron chi connectivity index (χ1n) is 5.56. The molecule has 0 saturated carbocycles. The molecule has 0 fully saturated rings. The minimum atomic E-state index is 0.146. The monoisotopic (exact) mass is 342 g/mol. The highest BCUT2D eigenvalue weighted by atomic mass is 127. The first kappa shape index (κ1) is 12.5. The van der Waals surface area contributed by atoms with Crippen LogP contribution in [0.3, 0.4) is 0 Å². The largest absolute Gasteiger partial charge is 0.305 e. The van der Waals surface area contributed by atoms with Crippen LogP contribution in [0.25, 0.3) is 0 Å². The van der Waals surface area contributed by atoms with Crippen LogP contribution >= 0.6 is 22.6 Å². The number of benzene rings is 1. The molecule has 0 spiro atoms. The summed E-state index contributed by atoms with van der Waals surface area (Å²) in [5, 5.41) is 11.4. The number of nitrogens with one attached hydrogen (secondary N) is 1. The number of aromatic nitrogens is 3. The second kappa shape index (κ2) is 5.59. The van der Waals surface area contributed by atoms with Crippen molar-refractivity contribution in [3.63, 3.8) is 0 Å². The minimum absolute atomic E-state index is 0.146. The van der Waals surface area contributed by atoms with Crippen molar-refractivity contribution >= 4 is 22.6 Å². The molecule has 1 aromatic carbocycles.